The molecule has 4 atom stereocenters. The SMILES string of the molecule is CCc1noc(C2OC(n3cnc4c(NCC(c5ccccc5)c5ccccc5)nc(CNS(=O)(=O)CC(C)C)nc43)C(OC(C)=O)C2OC(C)=O)n1. The van der Waals surface area contributed by atoms with E-state index in [2.05, 4.69) is 25.2 Å². The van der Waals surface area contributed by atoms with Crippen molar-refractivity contribution >= 4 is 38.9 Å². The van der Waals surface area contributed by atoms with E-state index in [1.807, 2.05) is 81.4 Å². The molecule has 16 nitrogen and oxygen atoms in total. The van der Waals surface area contributed by atoms with Gasteiger partial charge in [0.05, 0.1) is 18.6 Å². The maximum absolute atomic E-state index is 12.9. The van der Waals surface area contributed by atoms with Crippen LogP contribution in [-0.2, 0) is 46.8 Å². The van der Waals surface area contributed by atoms with Gasteiger partial charge in [0.25, 0.3) is 5.89 Å². The highest BCUT2D eigenvalue weighted by molar-refractivity contribution is 7.89. The van der Waals surface area contributed by atoms with E-state index in [9.17, 15) is 18.0 Å². The Morgan fingerprint density at radius 3 is 2.13 bits per heavy atom. The third-order valence-electron chi connectivity index (χ3n) is 8.46. The monoisotopic (exact) mass is 746 g/mol. The number of hydrogen-bond donors (Lipinski definition) is 2. The molecule has 5 aromatic rings. The predicted molar refractivity (Wildman–Crippen MR) is 192 cm³/mol. The van der Waals surface area contributed by atoms with E-state index in [0.29, 0.717) is 30.1 Å². The number of anilines is 1. The largest absolute Gasteiger partial charge is 0.455 e. The number of benzene rings is 2. The number of fused-ring (bicyclic) bond motifs is 1. The van der Waals surface area contributed by atoms with Crippen LogP contribution in [0.15, 0.2) is 71.5 Å². The second-order valence-corrected chi connectivity index (χ2v) is 14.9. The van der Waals surface area contributed by atoms with Crippen molar-refractivity contribution in [2.24, 2.45) is 5.92 Å². The van der Waals surface area contributed by atoms with Crippen LogP contribution in [0.1, 0.15) is 81.5 Å². The molecule has 2 aromatic carbocycles. The van der Waals surface area contributed by atoms with Gasteiger partial charge in [0.1, 0.15) is 5.82 Å². The molecule has 1 fully saturated rings. The Hall–Kier alpha value is -5.26. The van der Waals surface area contributed by atoms with Crippen molar-refractivity contribution in [1.29, 1.82) is 0 Å². The summed E-state index contributed by atoms with van der Waals surface area (Å²) >= 11 is 0. The number of carbonyl (C=O) groups is 2. The molecule has 1 aliphatic rings. The Balaban J connectivity index is 1.43. The minimum atomic E-state index is -3.66. The van der Waals surface area contributed by atoms with Crippen molar-refractivity contribution in [3.63, 3.8) is 0 Å². The lowest BCUT2D eigenvalue weighted by Gasteiger charge is -2.23. The summed E-state index contributed by atoms with van der Waals surface area (Å²) in [6.45, 7) is 8.11. The third kappa shape index (κ3) is 8.86. The Morgan fingerprint density at radius 1 is 0.906 bits per heavy atom. The summed E-state index contributed by atoms with van der Waals surface area (Å²) < 4.78 is 53.1. The van der Waals surface area contributed by atoms with Crippen molar-refractivity contribution in [2.45, 2.75) is 78.0 Å². The first-order valence-electron chi connectivity index (χ1n) is 17.3. The minimum absolute atomic E-state index is 0.0299. The molecule has 0 bridgehead atoms. The van der Waals surface area contributed by atoms with E-state index in [4.69, 9.17) is 28.7 Å². The number of sulfonamides is 1. The zero-order valence-electron chi connectivity index (χ0n) is 30.0. The quantitative estimate of drug-likeness (QED) is 0.144. The van der Waals surface area contributed by atoms with Gasteiger partial charge in [-0.15, -0.1) is 0 Å². The first-order valence-corrected chi connectivity index (χ1v) is 18.9. The fraction of sp³-hybridized carbons (Fsp3) is 0.417. The summed E-state index contributed by atoms with van der Waals surface area (Å²) in [6.07, 6.45) is -2.71. The number of imidazole rings is 1. The number of rotatable bonds is 15. The molecule has 2 N–H and O–H groups in total. The molecule has 1 saturated heterocycles. The van der Waals surface area contributed by atoms with Crippen LogP contribution in [0.25, 0.3) is 11.2 Å². The topological polar surface area (TPSA) is 203 Å². The van der Waals surface area contributed by atoms with Crippen LogP contribution >= 0.6 is 0 Å². The van der Waals surface area contributed by atoms with Crippen molar-refractivity contribution in [2.75, 3.05) is 17.6 Å². The number of hydrogen-bond acceptors (Lipinski definition) is 14. The van der Waals surface area contributed by atoms with E-state index < -0.39 is 46.5 Å². The molecular formula is C36H42N8O8S. The maximum Gasteiger partial charge on any atom is 0.303 e. The zero-order chi connectivity index (χ0) is 37.7. The van der Waals surface area contributed by atoms with Crippen LogP contribution in [0.3, 0.4) is 0 Å². The molecule has 4 unspecified atom stereocenters. The predicted octanol–water partition coefficient (Wildman–Crippen LogP) is 4.22. The molecule has 4 heterocycles. The molecule has 0 amide bonds. The normalized spacial score (nSPS) is 18.8. The van der Waals surface area contributed by atoms with Crippen LogP contribution < -0.4 is 10.0 Å². The fourth-order valence-corrected chi connectivity index (χ4v) is 7.59. The lowest BCUT2D eigenvalue weighted by Crippen LogP contribution is -2.36. The molecule has 0 radical (unpaired) electrons. The Kier molecular flexibility index (Phi) is 11.4. The first-order chi connectivity index (χ1) is 25.4. The highest BCUT2D eigenvalue weighted by Crippen LogP contribution is 2.43. The van der Waals surface area contributed by atoms with Crippen molar-refractivity contribution in [1.82, 2.24) is 34.4 Å². The summed E-state index contributed by atoms with van der Waals surface area (Å²) in [7, 11) is -3.66. The van der Waals surface area contributed by atoms with E-state index in [-0.39, 0.29) is 41.5 Å². The third-order valence-corrected chi connectivity index (χ3v) is 10.1. The minimum Gasteiger partial charge on any atom is -0.455 e. The highest BCUT2D eigenvalue weighted by atomic mass is 32.2. The molecule has 6 rings (SSSR count). The summed E-state index contributed by atoms with van der Waals surface area (Å²) in [4.78, 5) is 43.3. The van der Waals surface area contributed by atoms with Crippen LogP contribution in [0.4, 0.5) is 5.82 Å². The van der Waals surface area contributed by atoms with Crippen LogP contribution in [0.5, 0.6) is 0 Å². The van der Waals surface area contributed by atoms with Gasteiger partial charge in [0.15, 0.2) is 47.3 Å². The van der Waals surface area contributed by atoms with E-state index in [1.165, 1.54) is 24.7 Å². The van der Waals surface area contributed by atoms with E-state index >= 15 is 0 Å². The lowest BCUT2D eigenvalue weighted by molar-refractivity contribution is -0.165. The summed E-state index contributed by atoms with van der Waals surface area (Å²) in [5.74, 6) is -0.665. The van der Waals surface area contributed by atoms with Gasteiger partial charge in [-0.25, -0.2) is 28.1 Å². The summed E-state index contributed by atoms with van der Waals surface area (Å²) in [5, 5.41) is 7.41. The molecule has 0 saturated carbocycles. The van der Waals surface area contributed by atoms with Crippen LogP contribution in [0.2, 0.25) is 0 Å². The Morgan fingerprint density at radius 2 is 1.55 bits per heavy atom. The fourth-order valence-electron chi connectivity index (χ4n) is 6.25. The first kappa shape index (κ1) is 37.5. The number of nitrogens with zero attached hydrogens (tertiary/aromatic N) is 6. The zero-order valence-corrected chi connectivity index (χ0v) is 30.8. The Bertz CT molecular complexity index is 2100. The molecular weight excluding hydrogens is 705 g/mol. The molecule has 0 spiro atoms. The van der Waals surface area contributed by atoms with E-state index in [0.717, 1.165) is 11.1 Å². The van der Waals surface area contributed by atoms with Gasteiger partial charge in [-0.05, 0) is 17.0 Å². The summed E-state index contributed by atoms with van der Waals surface area (Å²) in [5.41, 5.74) is 2.72. The van der Waals surface area contributed by atoms with Crippen molar-refractivity contribution < 1.29 is 36.7 Å². The Labute approximate surface area is 306 Å². The standard InChI is InChI=1S/C36H42N8O8S/c1-6-27-42-35(52-43-27)31-30(49-22(4)45)32(50-23(5)46)36(51-31)44-20-38-29-33(40-28(41-34(29)44)18-39-53(47,48)19-21(2)3)37-17-26(24-13-9-7-10-14-24)25-15-11-8-12-16-25/h7-16,20-21,26,30-32,36,39H,6,17-19H2,1-5H3,(H,37,40,41). The van der Waals surface area contributed by atoms with Crippen molar-refractivity contribution in [3.05, 3.63) is 95.7 Å². The molecule has 0 aliphatic carbocycles. The average Bonchev–Trinajstić information content (AvgIpc) is 3.85. The van der Waals surface area contributed by atoms with Gasteiger partial charge in [-0.1, -0.05) is 86.6 Å². The molecule has 1 aliphatic heterocycles. The molecule has 53 heavy (non-hydrogen) atoms. The molecule has 280 valence electrons. The molecule has 3 aromatic heterocycles. The number of aromatic nitrogens is 6. The second kappa shape index (κ2) is 16.2. The smallest absolute Gasteiger partial charge is 0.303 e. The second-order valence-electron chi connectivity index (χ2n) is 13.1. The van der Waals surface area contributed by atoms with Gasteiger partial charge in [-0.2, -0.15) is 4.98 Å². The average molecular weight is 747 g/mol. The number of carbonyl (C=O) groups excluding carboxylic acids is 2. The lowest BCUT2D eigenvalue weighted by atomic mass is 9.91. The molecule has 17 heteroatoms. The number of ether oxygens (including phenoxy) is 3. The van der Waals surface area contributed by atoms with E-state index in [1.54, 1.807) is 0 Å². The van der Waals surface area contributed by atoms with Crippen LogP contribution in [-0.4, -0.2) is 74.5 Å². The van der Waals surface area contributed by atoms with Gasteiger partial charge >= 0.3 is 11.9 Å². The summed E-state index contributed by atoms with van der Waals surface area (Å²) in [6, 6.07) is 20.0. The maximum atomic E-state index is 12.9. The van der Waals surface area contributed by atoms with Gasteiger partial charge < -0.3 is 24.1 Å². The van der Waals surface area contributed by atoms with Gasteiger partial charge in [0.2, 0.25) is 10.0 Å². The number of esters is 2. The van der Waals surface area contributed by atoms with Gasteiger partial charge in [0, 0.05) is 32.7 Å². The number of aryl methyl sites for hydroxylation is 1. The van der Waals surface area contributed by atoms with Crippen LogP contribution in [0, 0.1) is 5.92 Å². The van der Waals surface area contributed by atoms with Crippen molar-refractivity contribution in [3.8, 4) is 0 Å². The van der Waals surface area contributed by atoms with Gasteiger partial charge in [-0.3, -0.25) is 14.2 Å². The highest BCUT2D eigenvalue weighted by Gasteiger charge is 2.53. The number of nitrogens with one attached hydrogen (secondary N) is 2.